The van der Waals surface area contributed by atoms with Gasteiger partial charge in [-0.15, -0.1) is 11.6 Å². The summed E-state index contributed by atoms with van der Waals surface area (Å²) in [4.78, 5) is 11.7. The van der Waals surface area contributed by atoms with E-state index in [0.717, 1.165) is 6.42 Å². The maximum atomic E-state index is 11.7. The van der Waals surface area contributed by atoms with Crippen molar-refractivity contribution in [1.82, 2.24) is 5.32 Å². The van der Waals surface area contributed by atoms with Crippen molar-refractivity contribution in [2.24, 2.45) is 0 Å². The fourth-order valence-electron chi connectivity index (χ4n) is 1.93. The fraction of sp³-hybridized carbons (Fsp3) is 0.500. The SMILES string of the molecule is CCCC(=O)NC(C)(C)C#CCC(CCl)Oc1ccc(Cl)cc1Cl. The van der Waals surface area contributed by atoms with Gasteiger partial charge in [0.05, 0.1) is 16.4 Å². The van der Waals surface area contributed by atoms with Crippen molar-refractivity contribution in [2.75, 3.05) is 5.88 Å². The summed E-state index contributed by atoms with van der Waals surface area (Å²) in [6.07, 6.45) is 1.42. The van der Waals surface area contributed by atoms with Gasteiger partial charge in [0.25, 0.3) is 0 Å². The maximum Gasteiger partial charge on any atom is 0.221 e. The van der Waals surface area contributed by atoms with Gasteiger partial charge in [-0.3, -0.25) is 4.79 Å². The van der Waals surface area contributed by atoms with Crippen LogP contribution in [-0.2, 0) is 4.79 Å². The Hall–Kier alpha value is -1.08. The maximum absolute atomic E-state index is 11.7. The molecule has 0 saturated heterocycles. The van der Waals surface area contributed by atoms with Gasteiger partial charge < -0.3 is 10.1 Å². The van der Waals surface area contributed by atoms with Crippen LogP contribution in [0.2, 0.25) is 10.0 Å². The minimum absolute atomic E-state index is 0.00473. The number of alkyl halides is 1. The van der Waals surface area contributed by atoms with Crippen LogP contribution in [0.15, 0.2) is 18.2 Å². The van der Waals surface area contributed by atoms with Gasteiger partial charge in [0, 0.05) is 17.9 Å². The van der Waals surface area contributed by atoms with E-state index in [1.807, 2.05) is 20.8 Å². The van der Waals surface area contributed by atoms with E-state index in [0.29, 0.717) is 28.6 Å². The van der Waals surface area contributed by atoms with Crippen molar-refractivity contribution < 1.29 is 9.53 Å². The summed E-state index contributed by atoms with van der Waals surface area (Å²) in [6.45, 7) is 5.68. The highest BCUT2D eigenvalue weighted by Crippen LogP contribution is 2.28. The van der Waals surface area contributed by atoms with Crippen molar-refractivity contribution >= 4 is 40.7 Å². The van der Waals surface area contributed by atoms with E-state index in [1.165, 1.54) is 0 Å². The molecule has 1 unspecified atom stereocenters. The van der Waals surface area contributed by atoms with Crippen LogP contribution < -0.4 is 10.1 Å². The summed E-state index contributed by atoms with van der Waals surface area (Å²) >= 11 is 17.9. The summed E-state index contributed by atoms with van der Waals surface area (Å²) < 4.78 is 5.77. The smallest absolute Gasteiger partial charge is 0.221 e. The first-order valence-corrected chi connectivity index (χ1v) is 9.05. The van der Waals surface area contributed by atoms with E-state index in [2.05, 4.69) is 17.2 Å². The van der Waals surface area contributed by atoms with Gasteiger partial charge in [0.15, 0.2) is 0 Å². The molecule has 1 aromatic rings. The van der Waals surface area contributed by atoms with Crippen molar-refractivity contribution in [3.8, 4) is 17.6 Å². The molecule has 0 spiro atoms. The van der Waals surface area contributed by atoms with Gasteiger partial charge in [-0.2, -0.15) is 0 Å². The molecule has 0 aliphatic heterocycles. The topological polar surface area (TPSA) is 38.3 Å². The molecule has 1 amide bonds. The highest BCUT2D eigenvalue weighted by atomic mass is 35.5. The zero-order valence-corrected chi connectivity index (χ0v) is 16.4. The normalized spacial score (nSPS) is 12.1. The molecule has 1 atom stereocenters. The number of hydrogen-bond acceptors (Lipinski definition) is 2. The molecule has 1 aromatic carbocycles. The monoisotopic (exact) mass is 389 g/mol. The average molecular weight is 391 g/mol. The molecule has 3 nitrogen and oxygen atoms in total. The van der Waals surface area contributed by atoms with Crippen LogP contribution in [0.5, 0.6) is 5.75 Å². The van der Waals surface area contributed by atoms with Crippen LogP contribution >= 0.6 is 34.8 Å². The molecule has 1 rings (SSSR count). The highest BCUT2D eigenvalue weighted by molar-refractivity contribution is 6.35. The lowest BCUT2D eigenvalue weighted by atomic mass is 10.1. The van der Waals surface area contributed by atoms with Gasteiger partial charge in [0.2, 0.25) is 5.91 Å². The Morgan fingerprint density at radius 2 is 2.08 bits per heavy atom. The second kappa shape index (κ2) is 10.0. The van der Waals surface area contributed by atoms with E-state index >= 15 is 0 Å². The summed E-state index contributed by atoms with van der Waals surface area (Å²) in [5.74, 6) is 6.87. The molecule has 0 heterocycles. The summed E-state index contributed by atoms with van der Waals surface area (Å²) in [6, 6.07) is 5.01. The molecular formula is C18H22Cl3NO2. The molecule has 0 fully saturated rings. The van der Waals surface area contributed by atoms with Gasteiger partial charge in [-0.25, -0.2) is 0 Å². The Morgan fingerprint density at radius 1 is 1.38 bits per heavy atom. The minimum Gasteiger partial charge on any atom is -0.487 e. The number of carbonyl (C=O) groups is 1. The molecule has 0 bridgehead atoms. The number of amides is 1. The van der Waals surface area contributed by atoms with Gasteiger partial charge >= 0.3 is 0 Å². The van der Waals surface area contributed by atoms with E-state index < -0.39 is 5.54 Å². The third-order valence-electron chi connectivity index (χ3n) is 3.02. The highest BCUT2D eigenvalue weighted by Gasteiger charge is 2.17. The standard InChI is InChI=1S/C18H22Cl3NO2/c1-4-6-17(23)22-18(2,3)10-5-7-14(12-19)24-16-9-8-13(20)11-15(16)21/h8-9,11,14H,4,6-7,12H2,1-3H3,(H,22,23). The van der Waals surface area contributed by atoms with Crippen LogP contribution in [-0.4, -0.2) is 23.4 Å². The lowest BCUT2D eigenvalue weighted by Gasteiger charge is -2.20. The first kappa shape index (κ1) is 21.0. The second-order valence-corrected chi connectivity index (χ2v) is 7.05. The number of nitrogens with one attached hydrogen (secondary N) is 1. The summed E-state index contributed by atoms with van der Waals surface area (Å²) in [7, 11) is 0. The Bertz CT molecular complexity index is 620. The lowest BCUT2D eigenvalue weighted by molar-refractivity contribution is -0.122. The molecule has 132 valence electrons. The van der Waals surface area contributed by atoms with Crippen LogP contribution in [0, 0.1) is 11.8 Å². The molecule has 0 aliphatic rings. The average Bonchev–Trinajstić information content (AvgIpc) is 2.48. The Labute approximate surface area is 159 Å². The first-order valence-electron chi connectivity index (χ1n) is 7.76. The van der Waals surface area contributed by atoms with Gasteiger partial charge in [-0.1, -0.05) is 42.0 Å². The van der Waals surface area contributed by atoms with Crippen molar-refractivity contribution in [2.45, 2.75) is 51.7 Å². The zero-order valence-electron chi connectivity index (χ0n) is 14.1. The first-order chi connectivity index (χ1) is 11.3. The number of hydrogen-bond donors (Lipinski definition) is 1. The third-order valence-corrected chi connectivity index (χ3v) is 3.89. The van der Waals surface area contributed by atoms with E-state index in [1.54, 1.807) is 18.2 Å². The summed E-state index contributed by atoms with van der Waals surface area (Å²) in [5.41, 5.74) is -0.596. The third kappa shape index (κ3) is 7.66. The van der Waals surface area contributed by atoms with E-state index in [4.69, 9.17) is 39.5 Å². The molecule has 24 heavy (non-hydrogen) atoms. The van der Waals surface area contributed by atoms with Crippen LogP contribution in [0.25, 0.3) is 0 Å². The van der Waals surface area contributed by atoms with Crippen molar-refractivity contribution in [3.05, 3.63) is 28.2 Å². The van der Waals surface area contributed by atoms with Crippen LogP contribution in [0.4, 0.5) is 0 Å². The molecule has 0 aliphatic carbocycles. The predicted octanol–water partition coefficient (Wildman–Crippen LogP) is 5.07. The minimum atomic E-state index is -0.596. The number of benzene rings is 1. The predicted molar refractivity (Wildman–Crippen MR) is 101 cm³/mol. The molecule has 1 N–H and O–H groups in total. The number of ether oxygens (including phenoxy) is 1. The summed E-state index contributed by atoms with van der Waals surface area (Å²) in [5, 5.41) is 3.86. The Balaban J connectivity index is 2.65. The Morgan fingerprint density at radius 3 is 2.67 bits per heavy atom. The zero-order chi connectivity index (χ0) is 18.2. The van der Waals surface area contributed by atoms with Gasteiger partial charge in [-0.05, 0) is 38.5 Å². The second-order valence-electron chi connectivity index (χ2n) is 5.90. The Kier molecular flexibility index (Phi) is 8.76. The van der Waals surface area contributed by atoms with E-state index in [-0.39, 0.29) is 17.9 Å². The van der Waals surface area contributed by atoms with Crippen molar-refractivity contribution in [3.63, 3.8) is 0 Å². The molecule has 0 saturated carbocycles. The van der Waals surface area contributed by atoms with Crippen molar-refractivity contribution in [1.29, 1.82) is 0 Å². The van der Waals surface area contributed by atoms with E-state index in [9.17, 15) is 4.79 Å². The molecule has 0 radical (unpaired) electrons. The lowest BCUT2D eigenvalue weighted by Crippen LogP contribution is -2.42. The molecule has 6 heteroatoms. The fourth-order valence-corrected chi connectivity index (χ4v) is 2.56. The number of rotatable bonds is 7. The molecule has 0 aromatic heterocycles. The largest absolute Gasteiger partial charge is 0.487 e. The van der Waals surface area contributed by atoms with Crippen LogP contribution in [0.3, 0.4) is 0 Å². The number of carbonyl (C=O) groups excluding carboxylic acids is 1. The van der Waals surface area contributed by atoms with Crippen LogP contribution in [0.1, 0.15) is 40.0 Å². The number of halogens is 3. The molecular weight excluding hydrogens is 369 g/mol. The quantitative estimate of drug-likeness (QED) is 0.521. The van der Waals surface area contributed by atoms with Gasteiger partial charge in [0.1, 0.15) is 11.9 Å².